The van der Waals surface area contributed by atoms with Gasteiger partial charge in [0.1, 0.15) is 12.1 Å². The van der Waals surface area contributed by atoms with Gasteiger partial charge in [-0.25, -0.2) is 18.7 Å². The Morgan fingerprint density at radius 1 is 1.27 bits per heavy atom. The van der Waals surface area contributed by atoms with Crippen LogP contribution in [0.1, 0.15) is 54.5 Å². The van der Waals surface area contributed by atoms with Crippen LogP contribution in [0.2, 0.25) is 0 Å². The van der Waals surface area contributed by atoms with Gasteiger partial charge in [0.15, 0.2) is 0 Å². The van der Waals surface area contributed by atoms with Gasteiger partial charge in [0.2, 0.25) is 0 Å². The molecule has 7 heteroatoms. The molecule has 1 aliphatic carbocycles. The molecule has 5 nitrogen and oxygen atoms in total. The Balaban J connectivity index is 1.36. The van der Waals surface area contributed by atoms with Crippen molar-refractivity contribution in [3.8, 4) is 0 Å². The zero-order valence-electron chi connectivity index (χ0n) is 17.4. The number of benzene rings is 1. The normalized spacial score (nSPS) is 21.7. The van der Waals surface area contributed by atoms with E-state index < -0.39 is 6.43 Å². The van der Waals surface area contributed by atoms with E-state index in [-0.39, 0.29) is 12.0 Å². The fraction of sp³-hybridized carbons (Fsp3) is 0.565. The van der Waals surface area contributed by atoms with Crippen LogP contribution < -0.4 is 15.5 Å². The highest BCUT2D eigenvalue weighted by Gasteiger charge is 2.43. The highest BCUT2D eigenvalue weighted by molar-refractivity contribution is 5.64. The molecule has 1 aromatic heterocycles. The fourth-order valence-electron chi connectivity index (χ4n) is 5.64. The highest BCUT2D eigenvalue weighted by atomic mass is 19.3. The zero-order valence-corrected chi connectivity index (χ0v) is 17.4. The Hall–Kier alpha value is -2.28. The van der Waals surface area contributed by atoms with E-state index in [1.807, 2.05) is 6.07 Å². The number of alkyl halides is 2. The molecule has 2 aromatic rings. The average molecular weight is 414 g/mol. The summed E-state index contributed by atoms with van der Waals surface area (Å²) in [6, 6.07) is 6.22. The second-order valence-corrected chi connectivity index (χ2v) is 8.98. The van der Waals surface area contributed by atoms with Crippen molar-refractivity contribution in [2.45, 2.75) is 56.9 Å². The molecule has 0 radical (unpaired) electrons. The van der Waals surface area contributed by atoms with E-state index in [4.69, 9.17) is 0 Å². The zero-order chi connectivity index (χ0) is 20.7. The van der Waals surface area contributed by atoms with Gasteiger partial charge in [-0.2, -0.15) is 0 Å². The molecule has 3 heterocycles. The second kappa shape index (κ2) is 7.76. The minimum atomic E-state index is -2.32. The van der Waals surface area contributed by atoms with Crippen molar-refractivity contribution in [1.82, 2.24) is 15.3 Å². The lowest BCUT2D eigenvalue weighted by atomic mass is 9.72. The van der Waals surface area contributed by atoms with Gasteiger partial charge in [-0.1, -0.05) is 19.1 Å². The SMILES string of the molecule is CC1CCc2ncnc(N3CCC4(CC3)CNc3cccc(CNCC(F)F)c34)c21. The molecule has 1 spiro atoms. The molecule has 3 aliphatic rings. The lowest BCUT2D eigenvalue weighted by Gasteiger charge is -2.41. The molecule has 1 unspecified atom stereocenters. The van der Waals surface area contributed by atoms with E-state index in [1.165, 1.54) is 16.8 Å². The number of halogens is 2. The number of fused-ring (bicyclic) bond motifs is 3. The molecule has 160 valence electrons. The number of piperidine rings is 1. The van der Waals surface area contributed by atoms with Crippen LogP contribution in [-0.4, -0.2) is 42.6 Å². The van der Waals surface area contributed by atoms with Gasteiger partial charge >= 0.3 is 0 Å². The van der Waals surface area contributed by atoms with Crippen molar-refractivity contribution < 1.29 is 8.78 Å². The Bertz CT molecular complexity index is 924. The predicted molar refractivity (Wildman–Crippen MR) is 115 cm³/mol. The molecule has 1 saturated heterocycles. The van der Waals surface area contributed by atoms with Crippen molar-refractivity contribution in [1.29, 1.82) is 0 Å². The summed E-state index contributed by atoms with van der Waals surface area (Å²) in [6.45, 7) is 5.32. The third-order valence-corrected chi connectivity index (χ3v) is 7.18. The molecule has 1 fully saturated rings. The maximum atomic E-state index is 12.6. The number of rotatable bonds is 5. The van der Waals surface area contributed by atoms with Gasteiger partial charge < -0.3 is 15.5 Å². The Morgan fingerprint density at radius 2 is 2.10 bits per heavy atom. The number of anilines is 2. The topological polar surface area (TPSA) is 53.1 Å². The van der Waals surface area contributed by atoms with E-state index in [0.29, 0.717) is 12.5 Å². The highest BCUT2D eigenvalue weighted by Crippen LogP contribution is 2.47. The summed E-state index contributed by atoms with van der Waals surface area (Å²) in [6.07, 6.45) is 3.67. The van der Waals surface area contributed by atoms with Crippen LogP contribution >= 0.6 is 0 Å². The Kier molecular flexibility index (Phi) is 5.09. The first-order valence-electron chi connectivity index (χ1n) is 11.0. The number of hydrogen-bond donors (Lipinski definition) is 2. The number of nitrogens with one attached hydrogen (secondary N) is 2. The van der Waals surface area contributed by atoms with Crippen molar-refractivity contribution >= 4 is 11.5 Å². The third kappa shape index (κ3) is 3.33. The summed E-state index contributed by atoms with van der Waals surface area (Å²) in [5, 5.41) is 6.50. The van der Waals surface area contributed by atoms with Gasteiger partial charge in [0, 0.05) is 48.5 Å². The standard InChI is InChI=1S/C23H29F2N5/c1-15-5-6-17-20(15)22(29-14-28-17)30-9-7-23(8-10-30)13-27-18-4-2-3-16(21(18)23)11-26-12-19(24)25/h2-4,14-15,19,26-27H,5-13H2,1H3. The van der Waals surface area contributed by atoms with Gasteiger partial charge in [0.05, 0.1) is 6.54 Å². The summed E-state index contributed by atoms with van der Waals surface area (Å²) in [5.74, 6) is 1.64. The second-order valence-electron chi connectivity index (χ2n) is 8.98. The molecule has 2 aliphatic heterocycles. The Morgan fingerprint density at radius 3 is 2.90 bits per heavy atom. The van der Waals surface area contributed by atoms with Gasteiger partial charge in [-0.15, -0.1) is 0 Å². The first kappa shape index (κ1) is 19.7. The molecule has 1 aromatic carbocycles. The average Bonchev–Trinajstić information content (AvgIpc) is 3.30. The molecular weight excluding hydrogens is 384 g/mol. The summed E-state index contributed by atoms with van der Waals surface area (Å²) in [5.41, 5.74) is 6.26. The molecular formula is C23H29F2N5. The summed E-state index contributed by atoms with van der Waals surface area (Å²) >= 11 is 0. The smallest absolute Gasteiger partial charge is 0.250 e. The summed E-state index contributed by atoms with van der Waals surface area (Å²) in [4.78, 5) is 11.6. The van der Waals surface area contributed by atoms with Crippen LogP contribution in [0.5, 0.6) is 0 Å². The van der Waals surface area contributed by atoms with E-state index >= 15 is 0 Å². The van der Waals surface area contributed by atoms with E-state index in [1.54, 1.807) is 6.33 Å². The fourth-order valence-corrected chi connectivity index (χ4v) is 5.64. The molecule has 1 atom stereocenters. The van der Waals surface area contributed by atoms with Gasteiger partial charge in [-0.05, 0) is 48.8 Å². The van der Waals surface area contributed by atoms with Crippen molar-refractivity contribution in [3.05, 3.63) is 46.9 Å². The molecule has 5 rings (SSSR count). The number of aryl methyl sites for hydroxylation is 1. The lowest BCUT2D eigenvalue weighted by molar-refractivity contribution is 0.145. The quantitative estimate of drug-likeness (QED) is 0.780. The van der Waals surface area contributed by atoms with Crippen LogP contribution in [0.3, 0.4) is 0 Å². The molecule has 0 saturated carbocycles. The molecule has 30 heavy (non-hydrogen) atoms. The van der Waals surface area contributed by atoms with Crippen LogP contribution in [0.15, 0.2) is 24.5 Å². The summed E-state index contributed by atoms with van der Waals surface area (Å²) < 4.78 is 25.2. The van der Waals surface area contributed by atoms with Gasteiger partial charge in [-0.3, -0.25) is 0 Å². The van der Waals surface area contributed by atoms with E-state index in [2.05, 4.69) is 44.6 Å². The van der Waals surface area contributed by atoms with Crippen LogP contribution in [-0.2, 0) is 18.4 Å². The van der Waals surface area contributed by atoms with Crippen molar-refractivity contribution in [2.75, 3.05) is 36.4 Å². The lowest BCUT2D eigenvalue weighted by Crippen LogP contribution is -2.45. The Labute approximate surface area is 176 Å². The summed E-state index contributed by atoms with van der Waals surface area (Å²) in [7, 11) is 0. The van der Waals surface area contributed by atoms with E-state index in [0.717, 1.165) is 62.4 Å². The minimum absolute atomic E-state index is 0.0662. The predicted octanol–water partition coefficient (Wildman–Crippen LogP) is 3.84. The van der Waals surface area contributed by atoms with Gasteiger partial charge in [0.25, 0.3) is 6.43 Å². The number of aromatic nitrogens is 2. The molecule has 0 amide bonds. The molecule has 2 N–H and O–H groups in total. The number of nitrogens with zero attached hydrogens (tertiary/aromatic N) is 3. The first-order valence-corrected chi connectivity index (χ1v) is 11.0. The van der Waals surface area contributed by atoms with Crippen molar-refractivity contribution in [2.24, 2.45) is 0 Å². The third-order valence-electron chi connectivity index (χ3n) is 7.18. The van der Waals surface area contributed by atoms with Crippen LogP contribution in [0.25, 0.3) is 0 Å². The van der Waals surface area contributed by atoms with Crippen LogP contribution in [0.4, 0.5) is 20.3 Å². The minimum Gasteiger partial charge on any atom is -0.384 e. The largest absolute Gasteiger partial charge is 0.384 e. The monoisotopic (exact) mass is 413 g/mol. The molecule has 0 bridgehead atoms. The van der Waals surface area contributed by atoms with Crippen molar-refractivity contribution in [3.63, 3.8) is 0 Å². The maximum absolute atomic E-state index is 12.6. The maximum Gasteiger partial charge on any atom is 0.250 e. The van der Waals surface area contributed by atoms with E-state index in [9.17, 15) is 8.78 Å². The first-order chi connectivity index (χ1) is 14.6. The number of hydrogen-bond acceptors (Lipinski definition) is 5. The van der Waals surface area contributed by atoms with Crippen LogP contribution in [0, 0.1) is 0 Å².